The fourth-order valence-corrected chi connectivity index (χ4v) is 3.08. The zero-order valence-electron chi connectivity index (χ0n) is 10.9. The van der Waals surface area contributed by atoms with E-state index in [1.807, 2.05) is 43.3 Å². The Hall–Kier alpha value is -1.45. The average Bonchev–Trinajstić information content (AvgIpc) is 2.74. The Labute approximate surface area is 130 Å². The van der Waals surface area contributed by atoms with Crippen molar-refractivity contribution in [2.45, 2.75) is 13.5 Å². The van der Waals surface area contributed by atoms with Crippen molar-refractivity contribution in [3.63, 3.8) is 0 Å². The molecule has 0 saturated carbocycles. The van der Waals surface area contributed by atoms with E-state index < -0.39 is 0 Å². The topological polar surface area (TPSA) is 25.2 Å². The van der Waals surface area contributed by atoms with Gasteiger partial charge in [0, 0.05) is 32.7 Å². The summed E-state index contributed by atoms with van der Waals surface area (Å²) in [5.41, 5.74) is 3.12. The highest BCUT2D eigenvalue weighted by atomic mass is 79.9. The largest absolute Gasteiger partial charge is 0.461 e. The van der Waals surface area contributed by atoms with Crippen LogP contribution < -0.4 is 5.32 Å². The number of fused-ring (bicyclic) bond motifs is 1. The van der Waals surface area contributed by atoms with Gasteiger partial charge in [-0.25, -0.2) is 0 Å². The number of benzene rings is 2. The number of anilines is 1. The summed E-state index contributed by atoms with van der Waals surface area (Å²) in [5.74, 6) is 0.948. The Bertz CT molecular complexity index is 766. The van der Waals surface area contributed by atoms with Crippen LogP contribution in [-0.2, 0) is 6.54 Å². The molecule has 0 amide bonds. The molecule has 0 atom stereocenters. The number of hydrogen-bond acceptors (Lipinski definition) is 2. The maximum absolute atomic E-state index is 5.95. The smallest absolute Gasteiger partial charge is 0.134 e. The Morgan fingerprint density at radius 3 is 2.80 bits per heavy atom. The highest BCUT2D eigenvalue weighted by molar-refractivity contribution is 9.10. The van der Waals surface area contributed by atoms with Gasteiger partial charge in [-0.2, -0.15) is 0 Å². The van der Waals surface area contributed by atoms with Crippen LogP contribution in [-0.4, -0.2) is 0 Å². The molecule has 0 fully saturated rings. The van der Waals surface area contributed by atoms with Crippen molar-refractivity contribution < 1.29 is 4.42 Å². The maximum atomic E-state index is 5.95. The molecule has 0 aliphatic carbocycles. The van der Waals surface area contributed by atoms with Gasteiger partial charge in [0.15, 0.2) is 0 Å². The molecule has 0 aliphatic heterocycles. The van der Waals surface area contributed by atoms with Crippen LogP contribution >= 0.6 is 27.5 Å². The van der Waals surface area contributed by atoms with E-state index in [2.05, 4.69) is 27.3 Å². The number of rotatable bonds is 3. The van der Waals surface area contributed by atoms with Crippen molar-refractivity contribution in [1.82, 2.24) is 0 Å². The van der Waals surface area contributed by atoms with Crippen LogP contribution in [0.15, 0.2) is 51.4 Å². The molecule has 0 aliphatic rings. The second-order valence-electron chi connectivity index (χ2n) is 4.61. The standard InChI is InChI=1S/C16H13BrClNO/c1-10-13(12-4-2-3-5-16(12)20-10)9-19-15-7-6-11(18)8-14(15)17/h2-8,19H,9H2,1H3. The first-order valence-corrected chi connectivity index (χ1v) is 7.48. The Balaban J connectivity index is 1.88. The van der Waals surface area contributed by atoms with Crippen molar-refractivity contribution >= 4 is 44.2 Å². The second-order valence-corrected chi connectivity index (χ2v) is 5.90. The van der Waals surface area contributed by atoms with E-state index in [0.717, 1.165) is 26.9 Å². The monoisotopic (exact) mass is 349 g/mol. The predicted molar refractivity (Wildman–Crippen MR) is 87.4 cm³/mol. The molecule has 3 aromatic rings. The number of halogens is 2. The fourth-order valence-electron chi connectivity index (χ4n) is 2.26. The van der Waals surface area contributed by atoms with Crippen LogP contribution in [0.1, 0.15) is 11.3 Å². The number of para-hydroxylation sites is 1. The van der Waals surface area contributed by atoms with Gasteiger partial charge in [-0.3, -0.25) is 0 Å². The highest BCUT2D eigenvalue weighted by Gasteiger charge is 2.10. The summed E-state index contributed by atoms with van der Waals surface area (Å²) >= 11 is 9.46. The Morgan fingerprint density at radius 2 is 2.00 bits per heavy atom. The van der Waals surface area contributed by atoms with Crippen LogP contribution in [0.2, 0.25) is 5.02 Å². The minimum Gasteiger partial charge on any atom is -0.461 e. The number of aryl methyl sites for hydroxylation is 1. The lowest BCUT2D eigenvalue weighted by Gasteiger charge is -2.08. The van der Waals surface area contributed by atoms with Crippen molar-refractivity contribution in [2.24, 2.45) is 0 Å². The molecule has 1 N–H and O–H groups in total. The van der Waals surface area contributed by atoms with E-state index in [0.29, 0.717) is 11.6 Å². The van der Waals surface area contributed by atoms with Gasteiger partial charge in [0.25, 0.3) is 0 Å². The van der Waals surface area contributed by atoms with E-state index in [4.69, 9.17) is 16.0 Å². The van der Waals surface area contributed by atoms with Gasteiger partial charge in [0.05, 0.1) is 0 Å². The van der Waals surface area contributed by atoms with E-state index >= 15 is 0 Å². The lowest BCUT2D eigenvalue weighted by Crippen LogP contribution is -2.00. The molecule has 20 heavy (non-hydrogen) atoms. The Morgan fingerprint density at radius 1 is 1.20 bits per heavy atom. The third-order valence-corrected chi connectivity index (χ3v) is 4.18. The summed E-state index contributed by atoms with van der Waals surface area (Å²) in [4.78, 5) is 0. The molecule has 3 rings (SSSR count). The third kappa shape index (κ3) is 2.56. The molecule has 1 aromatic heterocycles. The molecule has 2 aromatic carbocycles. The molecular formula is C16H13BrClNO. The minimum absolute atomic E-state index is 0.711. The van der Waals surface area contributed by atoms with Crippen molar-refractivity contribution in [3.8, 4) is 0 Å². The van der Waals surface area contributed by atoms with Crippen LogP contribution in [0, 0.1) is 6.92 Å². The second kappa shape index (κ2) is 5.51. The van der Waals surface area contributed by atoms with Gasteiger partial charge in [0.2, 0.25) is 0 Å². The average molecular weight is 351 g/mol. The summed E-state index contributed by atoms with van der Waals surface area (Å²) in [6, 6.07) is 13.8. The normalized spacial score (nSPS) is 10.9. The van der Waals surface area contributed by atoms with Crippen LogP contribution in [0.5, 0.6) is 0 Å². The van der Waals surface area contributed by atoms with E-state index in [1.165, 1.54) is 5.56 Å². The summed E-state index contributed by atoms with van der Waals surface area (Å²) in [5, 5.41) is 5.28. The van der Waals surface area contributed by atoms with Gasteiger partial charge in [-0.1, -0.05) is 29.8 Å². The van der Waals surface area contributed by atoms with Crippen LogP contribution in [0.25, 0.3) is 11.0 Å². The van der Waals surface area contributed by atoms with Gasteiger partial charge in [-0.05, 0) is 47.1 Å². The van der Waals surface area contributed by atoms with E-state index in [-0.39, 0.29) is 0 Å². The molecule has 2 nitrogen and oxygen atoms in total. The zero-order chi connectivity index (χ0) is 14.1. The first kappa shape index (κ1) is 13.5. The lowest BCUT2D eigenvalue weighted by atomic mass is 10.1. The minimum atomic E-state index is 0.711. The summed E-state index contributed by atoms with van der Waals surface area (Å²) in [6.07, 6.45) is 0. The lowest BCUT2D eigenvalue weighted by molar-refractivity contribution is 0.573. The van der Waals surface area contributed by atoms with Crippen molar-refractivity contribution in [2.75, 3.05) is 5.32 Å². The molecule has 0 saturated heterocycles. The van der Waals surface area contributed by atoms with Crippen molar-refractivity contribution in [1.29, 1.82) is 0 Å². The zero-order valence-corrected chi connectivity index (χ0v) is 13.3. The van der Waals surface area contributed by atoms with Gasteiger partial charge >= 0.3 is 0 Å². The van der Waals surface area contributed by atoms with Gasteiger partial charge in [-0.15, -0.1) is 0 Å². The molecule has 0 bridgehead atoms. The van der Waals surface area contributed by atoms with E-state index in [1.54, 1.807) is 0 Å². The number of nitrogens with one attached hydrogen (secondary N) is 1. The van der Waals surface area contributed by atoms with Crippen molar-refractivity contribution in [3.05, 3.63) is 63.3 Å². The quantitative estimate of drug-likeness (QED) is 0.648. The van der Waals surface area contributed by atoms with E-state index in [9.17, 15) is 0 Å². The SMILES string of the molecule is Cc1oc2ccccc2c1CNc1ccc(Cl)cc1Br. The van der Waals surface area contributed by atoms with Gasteiger partial charge in [0.1, 0.15) is 11.3 Å². The molecule has 0 radical (unpaired) electrons. The number of hydrogen-bond donors (Lipinski definition) is 1. The molecule has 1 heterocycles. The summed E-state index contributed by atoms with van der Waals surface area (Å²) in [7, 11) is 0. The molecule has 0 spiro atoms. The number of furan rings is 1. The molecule has 0 unspecified atom stereocenters. The third-order valence-electron chi connectivity index (χ3n) is 3.29. The van der Waals surface area contributed by atoms with Gasteiger partial charge < -0.3 is 9.73 Å². The first-order chi connectivity index (χ1) is 9.65. The summed E-state index contributed by atoms with van der Waals surface area (Å²) < 4.78 is 6.72. The first-order valence-electron chi connectivity index (χ1n) is 6.31. The maximum Gasteiger partial charge on any atom is 0.134 e. The fraction of sp³-hybridized carbons (Fsp3) is 0.125. The summed E-state index contributed by atoms with van der Waals surface area (Å²) in [6.45, 7) is 2.71. The Kier molecular flexibility index (Phi) is 3.72. The molecule has 102 valence electrons. The van der Waals surface area contributed by atoms with Crippen LogP contribution in [0.3, 0.4) is 0 Å². The van der Waals surface area contributed by atoms with Crippen LogP contribution in [0.4, 0.5) is 5.69 Å². The molecular weight excluding hydrogens is 338 g/mol. The predicted octanol–water partition coefficient (Wildman–Crippen LogP) is 5.77. The highest BCUT2D eigenvalue weighted by Crippen LogP contribution is 2.29. The molecule has 4 heteroatoms.